The summed E-state index contributed by atoms with van der Waals surface area (Å²) in [7, 11) is -8.34. The van der Waals surface area contributed by atoms with E-state index in [9.17, 15) is 25.9 Å². The van der Waals surface area contributed by atoms with Crippen LogP contribution in [-0.4, -0.2) is 44.0 Å². The molecule has 1 unspecified atom stereocenters. The van der Waals surface area contributed by atoms with Crippen LogP contribution in [0.3, 0.4) is 0 Å². The lowest BCUT2D eigenvalue weighted by molar-refractivity contribution is -0.668. The number of benzene rings is 2. The van der Waals surface area contributed by atoms with E-state index >= 15 is 0 Å². The molecule has 5 rings (SSSR count). The van der Waals surface area contributed by atoms with Gasteiger partial charge in [-0.25, -0.2) is 8.42 Å². The van der Waals surface area contributed by atoms with Gasteiger partial charge in [-0.2, -0.15) is 13.0 Å². The Hall–Kier alpha value is -2.48. The molecule has 3 aromatic rings. The van der Waals surface area contributed by atoms with Gasteiger partial charge in [-0.15, -0.1) is 0 Å². The molecule has 44 heavy (non-hydrogen) atoms. The Kier molecular flexibility index (Phi) is 9.79. The molecule has 0 saturated carbocycles. The molecular weight excluding hydrogens is 637 g/mol. The van der Waals surface area contributed by atoms with Gasteiger partial charge in [0.15, 0.2) is 6.54 Å². The Labute approximate surface area is 268 Å². The second kappa shape index (κ2) is 13.1. The Morgan fingerprint density at radius 1 is 1.00 bits per heavy atom. The standard InChI is InChI=1S/C32H38N2O6S4/c1-21-7-9-29-27(17-21)33(11-5-13-43(35,36)37)31(41-29)19-25-15-23(3)16-26(24(25)4)20-32-34(12-6-14-44(38,39)40)28-18-22(2)8-10-30(28)42-32/h7-10,17-20,23H,5-6,11-16H2,1-4H3,(H-,35,36,37,38,39,40). The highest BCUT2D eigenvalue weighted by molar-refractivity contribution is 8.03. The summed E-state index contributed by atoms with van der Waals surface area (Å²) in [5.74, 6) is -0.284. The Bertz CT molecular complexity index is 1910. The molecule has 0 fully saturated rings. The van der Waals surface area contributed by atoms with E-state index in [1.165, 1.54) is 16.7 Å². The average Bonchev–Trinajstić information content (AvgIpc) is 3.42. The molecule has 1 aliphatic heterocycles. The molecule has 0 bridgehead atoms. The Morgan fingerprint density at radius 3 is 2.45 bits per heavy atom. The predicted molar refractivity (Wildman–Crippen MR) is 179 cm³/mol. The number of thiazole rings is 1. The van der Waals surface area contributed by atoms with Gasteiger partial charge < -0.3 is 9.45 Å². The molecule has 0 radical (unpaired) electrons. The maximum atomic E-state index is 11.4. The fourth-order valence-electron chi connectivity index (χ4n) is 5.87. The van der Waals surface area contributed by atoms with Gasteiger partial charge in [0.2, 0.25) is 5.52 Å². The van der Waals surface area contributed by atoms with E-state index in [0.29, 0.717) is 25.4 Å². The van der Waals surface area contributed by atoms with Crippen molar-refractivity contribution in [1.82, 2.24) is 0 Å². The van der Waals surface area contributed by atoms with Crippen LogP contribution in [0.25, 0.3) is 16.3 Å². The average molecular weight is 675 g/mol. The van der Waals surface area contributed by atoms with E-state index in [1.807, 2.05) is 13.8 Å². The highest BCUT2D eigenvalue weighted by atomic mass is 32.2. The molecule has 2 aromatic carbocycles. The first kappa shape index (κ1) is 32.9. The fourth-order valence-corrected chi connectivity index (χ4v) is 9.12. The molecule has 0 amide bonds. The zero-order chi connectivity index (χ0) is 31.8. The predicted octanol–water partition coefficient (Wildman–Crippen LogP) is 6.60. The van der Waals surface area contributed by atoms with E-state index < -0.39 is 26.0 Å². The summed E-state index contributed by atoms with van der Waals surface area (Å²) in [5, 5.41) is 2.06. The lowest BCUT2D eigenvalue weighted by atomic mass is 9.81. The van der Waals surface area contributed by atoms with Crippen molar-refractivity contribution >= 4 is 65.3 Å². The summed E-state index contributed by atoms with van der Waals surface area (Å²) >= 11 is 3.34. The Morgan fingerprint density at radius 2 is 1.73 bits per heavy atom. The zero-order valence-corrected chi connectivity index (χ0v) is 28.6. The fraction of sp³-hybridized carbons (Fsp3) is 0.406. The normalized spacial score (nSPS) is 19.5. The molecular formula is C32H38N2O6S4. The number of hydrogen-bond donors (Lipinski definition) is 1. The first-order valence-electron chi connectivity index (χ1n) is 14.7. The summed E-state index contributed by atoms with van der Waals surface area (Å²) in [6.45, 7) is 9.37. The first-order valence-corrected chi connectivity index (χ1v) is 19.5. The van der Waals surface area contributed by atoms with Crippen LogP contribution in [0.15, 0.2) is 69.1 Å². The van der Waals surface area contributed by atoms with E-state index in [-0.39, 0.29) is 12.2 Å². The summed E-state index contributed by atoms with van der Waals surface area (Å²) in [5.41, 5.74) is 7.97. The van der Waals surface area contributed by atoms with Crippen LogP contribution in [0.5, 0.6) is 0 Å². The topological polar surface area (TPSA) is 119 Å². The minimum atomic E-state index is -4.29. The number of hydrogen-bond acceptors (Lipinski definition) is 8. The molecule has 1 N–H and O–H groups in total. The second-order valence-electron chi connectivity index (χ2n) is 11.9. The maximum Gasteiger partial charge on any atom is 0.264 e. The van der Waals surface area contributed by atoms with Crippen molar-refractivity contribution in [3.8, 4) is 0 Å². The lowest BCUT2D eigenvalue weighted by Gasteiger charge is -2.26. The van der Waals surface area contributed by atoms with Crippen molar-refractivity contribution in [2.45, 2.75) is 64.8 Å². The summed E-state index contributed by atoms with van der Waals surface area (Å²) < 4.78 is 69.4. The van der Waals surface area contributed by atoms with Crippen LogP contribution in [0.1, 0.15) is 55.7 Å². The first-order chi connectivity index (χ1) is 20.7. The number of aryl methyl sites for hydroxylation is 3. The number of fused-ring (bicyclic) bond motifs is 2. The van der Waals surface area contributed by atoms with Crippen molar-refractivity contribution in [1.29, 1.82) is 0 Å². The SMILES string of the molecule is CC1=C(C=C2Sc3ccc(C)cc3N2CCCS(=O)(=O)O)CC(C)CC1=Cc1sc2ccc(C)cc2[n+]1CCCS(=O)(=O)[O-]. The van der Waals surface area contributed by atoms with Crippen molar-refractivity contribution < 1.29 is 30.5 Å². The van der Waals surface area contributed by atoms with Crippen molar-refractivity contribution in [2.24, 2.45) is 5.92 Å². The van der Waals surface area contributed by atoms with E-state index in [2.05, 4.69) is 71.9 Å². The quantitative estimate of drug-likeness (QED) is 0.189. The molecule has 2 heterocycles. The Balaban J connectivity index is 1.52. The van der Waals surface area contributed by atoms with Gasteiger partial charge in [-0.3, -0.25) is 4.55 Å². The molecule has 1 atom stereocenters. The van der Waals surface area contributed by atoms with Crippen LogP contribution in [-0.2, 0) is 26.8 Å². The van der Waals surface area contributed by atoms with Crippen LogP contribution in [0.2, 0.25) is 0 Å². The number of nitrogens with zero attached hydrogens (tertiary/aromatic N) is 2. The number of aromatic nitrogens is 1. The van der Waals surface area contributed by atoms with Crippen molar-refractivity contribution in [3.05, 3.63) is 80.4 Å². The van der Waals surface area contributed by atoms with Gasteiger partial charge >= 0.3 is 0 Å². The van der Waals surface area contributed by atoms with Crippen molar-refractivity contribution in [2.75, 3.05) is 23.0 Å². The van der Waals surface area contributed by atoms with Gasteiger partial charge in [0.05, 0.1) is 26.6 Å². The third-order valence-corrected chi connectivity index (χ3v) is 11.8. The van der Waals surface area contributed by atoms with E-state index in [1.54, 1.807) is 23.1 Å². The molecule has 8 nitrogen and oxygen atoms in total. The molecule has 1 aliphatic carbocycles. The largest absolute Gasteiger partial charge is 0.748 e. The highest BCUT2D eigenvalue weighted by Gasteiger charge is 2.28. The second-order valence-corrected chi connectivity index (χ2v) is 17.1. The summed E-state index contributed by atoms with van der Waals surface area (Å²) in [6, 6.07) is 12.6. The van der Waals surface area contributed by atoms with Gasteiger partial charge in [0, 0.05) is 35.8 Å². The smallest absolute Gasteiger partial charge is 0.264 e. The zero-order valence-electron chi connectivity index (χ0n) is 25.4. The van der Waals surface area contributed by atoms with Gasteiger partial charge in [0.1, 0.15) is 4.70 Å². The minimum absolute atomic E-state index is 0.250. The minimum Gasteiger partial charge on any atom is -0.748 e. The van der Waals surface area contributed by atoms with Crippen LogP contribution < -0.4 is 9.47 Å². The molecule has 0 saturated heterocycles. The number of allylic oxidation sites excluding steroid dienone is 4. The highest BCUT2D eigenvalue weighted by Crippen LogP contribution is 2.48. The third-order valence-electron chi connectivity index (χ3n) is 8.03. The number of thioether (sulfide) groups is 1. The molecule has 236 valence electrons. The molecule has 0 spiro atoms. The third kappa shape index (κ3) is 8.02. The number of rotatable bonds is 10. The van der Waals surface area contributed by atoms with Gasteiger partial charge in [0.25, 0.3) is 15.1 Å². The van der Waals surface area contributed by atoms with Crippen LogP contribution in [0.4, 0.5) is 5.69 Å². The van der Waals surface area contributed by atoms with Crippen LogP contribution >= 0.6 is 23.1 Å². The molecule has 12 heteroatoms. The lowest BCUT2D eigenvalue weighted by Crippen LogP contribution is -2.36. The maximum absolute atomic E-state index is 11.4. The van der Waals surface area contributed by atoms with E-state index in [0.717, 1.165) is 54.8 Å². The van der Waals surface area contributed by atoms with Gasteiger partial charge in [-0.1, -0.05) is 42.2 Å². The number of anilines is 1. The molecule has 1 aromatic heterocycles. The van der Waals surface area contributed by atoms with Gasteiger partial charge in [-0.05, 0) is 98.1 Å². The van der Waals surface area contributed by atoms with Crippen molar-refractivity contribution in [3.63, 3.8) is 0 Å². The van der Waals surface area contributed by atoms with Crippen LogP contribution in [0, 0.1) is 19.8 Å². The summed E-state index contributed by atoms with van der Waals surface area (Å²) in [6.07, 6.45) is 6.83. The monoisotopic (exact) mass is 674 g/mol. The molecule has 2 aliphatic rings. The summed E-state index contributed by atoms with van der Waals surface area (Å²) in [4.78, 5) is 3.28. The van der Waals surface area contributed by atoms with E-state index in [4.69, 9.17) is 0 Å².